The lowest BCUT2D eigenvalue weighted by atomic mass is 10.0. The minimum absolute atomic E-state index is 0.181. The number of hydrogen-bond acceptors (Lipinski definition) is 9. The summed E-state index contributed by atoms with van der Waals surface area (Å²) in [6.45, 7) is 4.32. The van der Waals surface area contributed by atoms with E-state index in [9.17, 15) is 14.8 Å². The summed E-state index contributed by atoms with van der Waals surface area (Å²) in [5, 5.41) is 17.2. The van der Waals surface area contributed by atoms with Crippen molar-refractivity contribution >= 4 is 40.5 Å². The summed E-state index contributed by atoms with van der Waals surface area (Å²) >= 11 is 6.62. The van der Waals surface area contributed by atoms with Gasteiger partial charge < -0.3 is 29.3 Å². The molecule has 4 aromatic rings. The van der Waals surface area contributed by atoms with Gasteiger partial charge in [0.2, 0.25) is 0 Å². The Balaban J connectivity index is 1.31. The Morgan fingerprint density at radius 3 is 2.41 bits per heavy atom. The zero-order chi connectivity index (χ0) is 31.4. The fraction of sp³-hybridized carbons (Fsp3) is 0.281. The summed E-state index contributed by atoms with van der Waals surface area (Å²) in [6.07, 6.45) is 0. The van der Waals surface area contributed by atoms with E-state index in [4.69, 9.17) is 20.9 Å². The van der Waals surface area contributed by atoms with Gasteiger partial charge in [-0.15, -0.1) is 0 Å². The van der Waals surface area contributed by atoms with Gasteiger partial charge in [-0.3, -0.25) is 20.3 Å². The lowest BCUT2D eigenvalue weighted by molar-refractivity contribution is 0.0745. The average Bonchev–Trinajstić information content (AvgIpc) is 3.42. The van der Waals surface area contributed by atoms with Gasteiger partial charge in [-0.2, -0.15) is 0 Å². The summed E-state index contributed by atoms with van der Waals surface area (Å²) in [4.78, 5) is 32.6. The largest absolute Gasteiger partial charge is 0.496 e. The van der Waals surface area contributed by atoms with E-state index < -0.39 is 0 Å². The number of methoxy groups -OCH3 is 1. The van der Waals surface area contributed by atoms with Crippen molar-refractivity contribution in [2.45, 2.75) is 13.5 Å². The number of aromatic nitrogens is 1. The van der Waals surface area contributed by atoms with Crippen LogP contribution in [0.3, 0.4) is 0 Å². The highest BCUT2D eigenvalue weighted by Gasteiger charge is 2.30. The molecule has 1 aliphatic heterocycles. The fourth-order valence-electron chi connectivity index (χ4n) is 5.28. The number of nitrogens with one attached hydrogen (secondary N) is 2. The number of carbonyl (C=O) groups excluding carboxylic acids is 2. The third kappa shape index (κ3) is 6.49. The van der Waals surface area contributed by atoms with E-state index in [1.165, 1.54) is 0 Å². The van der Waals surface area contributed by atoms with Gasteiger partial charge in [0.25, 0.3) is 11.8 Å². The van der Waals surface area contributed by atoms with Crippen LogP contribution in [0.5, 0.6) is 5.75 Å². The van der Waals surface area contributed by atoms with Crippen LogP contribution in [0.1, 0.15) is 32.0 Å². The molecule has 1 aliphatic rings. The highest BCUT2D eigenvalue weighted by molar-refractivity contribution is 6.34. The zero-order valence-corrected chi connectivity index (χ0v) is 25.8. The van der Waals surface area contributed by atoms with Crippen molar-refractivity contribution in [2.75, 3.05) is 63.1 Å². The van der Waals surface area contributed by atoms with E-state index in [0.717, 1.165) is 12.1 Å². The molecule has 44 heavy (non-hydrogen) atoms. The number of anilines is 3. The maximum absolute atomic E-state index is 13.7. The van der Waals surface area contributed by atoms with Gasteiger partial charge in [-0.25, -0.2) is 0 Å². The first-order chi connectivity index (χ1) is 21.2. The Bertz CT molecular complexity index is 1650. The predicted octanol–water partition coefficient (Wildman–Crippen LogP) is 5.39. The number of carbonyl (C=O) groups is 2. The fourth-order valence-corrected chi connectivity index (χ4v) is 5.56. The average molecular weight is 619 g/mol. The Morgan fingerprint density at radius 1 is 1.05 bits per heavy atom. The smallest absolute Gasteiger partial charge is 0.259 e. The van der Waals surface area contributed by atoms with Crippen LogP contribution in [0.4, 0.5) is 17.1 Å². The molecule has 12 heteroatoms. The lowest BCUT2D eigenvalue weighted by Gasteiger charge is -2.36. The molecule has 0 spiro atoms. The molecule has 0 unspecified atom stereocenters. The standard InChI is InChI=1S/C32H35ClN6O5/c1-20-29(30(36-44-20)23-7-5-6-8-28(23)43-4)32(41)39-15-13-38(14-16-39)27-18-25(26(35-42)17-24(27)33)34-31(40)22-11-9-21(10-12-22)19-37(2)3/h5-12,17-18,35,42H,13-16,19H2,1-4H3,(H,34,40). The van der Waals surface area contributed by atoms with Crippen LogP contribution < -0.4 is 20.4 Å². The van der Waals surface area contributed by atoms with Crippen LogP contribution in [-0.2, 0) is 6.54 Å². The number of rotatable bonds is 9. The number of aryl methyl sites for hydroxylation is 1. The summed E-state index contributed by atoms with van der Waals surface area (Å²) in [7, 11) is 5.54. The number of amides is 2. The van der Waals surface area contributed by atoms with E-state index in [-0.39, 0.29) is 17.5 Å². The molecule has 5 rings (SSSR count). The molecule has 11 nitrogen and oxygen atoms in total. The highest BCUT2D eigenvalue weighted by Crippen LogP contribution is 2.37. The maximum Gasteiger partial charge on any atom is 0.259 e. The van der Waals surface area contributed by atoms with Crippen molar-refractivity contribution < 1.29 is 24.1 Å². The Kier molecular flexibility index (Phi) is 9.38. The SMILES string of the molecule is COc1ccccc1-c1noc(C)c1C(=O)N1CCN(c2cc(NC(=O)c3ccc(CN(C)C)cc3)c(NO)cc2Cl)CC1. The number of nitrogens with zero attached hydrogens (tertiary/aromatic N) is 4. The minimum atomic E-state index is -0.323. The molecule has 0 radical (unpaired) electrons. The van der Waals surface area contributed by atoms with Gasteiger partial charge in [-0.1, -0.05) is 41.0 Å². The second kappa shape index (κ2) is 13.4. The van der Waals surface area contributed by atoms with Crippen molar-refractivity contribution in [2.24, 2.45) is 0 Å². The minimum Gasteiger partial charge on any atom is -0.496 e. The van der Waals surface area contributed by atoms with Crippen molar-refractivity contribution in [3.8, 4) is 17.0 Å². The van der Waals surface area contributed by atoms with Crippen LogP contribution in [0.15, 0.2) is 65.2 Å². The highest BCUT2D eigenvalue weighted by atomic mass is 35.5. The lowest BCUT2D eigenvalue weighted by Crippen LogP contribution is -2.49. The van der Waals surface area contributed by atoms with Gasteiger partial charge in [0.1, 0.15) is 22.8 Å². The zero-order valence-electron chi connectivity index (χ0n) is 25.1. The van der Waals surface area contributed by atoms with Crippen molar-refractivity contribution in [3.63, 3.8) is 0 Å². The van der Waals surface area contributed by atoms with E-state index in [2.05, 4.69) is 16.0 Å². The number of para-hydroxylation sites is 1. The van der Waals surface area contributed by atoms with Gasteiger partial charge in [0.05, 0.1) is 29.2 Å². The third-order valence-electron chi connectivity index (χ3n) is 7.52. The Labute approximate surface area is 260 Å². The second-order valence-electron chi connectivity index (χ2n) is 10.8. The van der Waals surface area contributed by atoms with Crippen LogP contribution >= 0.6 is 11.6 Å². The van der Waals surface area contributed by atoms with E-state index in [1.54, 1.807) is 43.2 Å². The Hall–Kier alpha value is -4.58. The topological polar surface area (TPSA) is 123 Å². The maximum atomic E-state index is 13.7. The van der Waals surface area contributed by atoms with E-state index in [0.29, 0.717) is 76.5 Å². The van der Waals surface area contributed by atoms with E-state index >= 15 is 0 Å². The van der Waals surface area contributed by atoms with Gasteiger partial charge in [0, 0.05) is 43.9 Å². The summed E-state index contributed by atoms with van der Waals surface area (Å²) in [6, 6.07) is 18.0. The molecule has 230 valence electrons. The number of benzene rings is 3. The summed E-state index contributed by atoms with van der Waals surface area (Å²) in [5.74, 6) is 0.525. The van der Waals surface area contributed by atoms with Gasteiger partial charge >= 0.3 is 0 Å². The molecule has 3 aromatic carbocycles. The van der Waals surface area contributed by atoms with Crippen molar-refractivity contribution in [1.29, 1.82) is 0 Å². The first-order valence-corrected chi connectivity index (χ1v) is 14.5. The number of ether oxygens (including phenoxy) is 1. The number of halogens is 1. The molecular formula is C32H35ClN6O5. The van der Waals surface area contributed by atoms with Crippen LogP contribution in [0, 0.1) is 6.92 Å². The molecule has 0 atom stereocenters. The predicted molar refractivity (Wildman–Crippen MR) is 170 cm³/mol. The first-order valence-electron chi connectivity index (χ1n) is 14.1. The third-order valence-corrected chi connectivity index (χ3v) is 7.82. The van der Waals surface area contributed by atoms with Crippen LogP contribution in [0.25, 0.3) is 11.3 Å². The molecule has 0 saturated carbocycles. The van der Waals surface area contributed by atoms with Crippen LogP contribution in [0.2, 0.25) is 5.02 Å². The molecule has 1 fully saturated rings. The van der Waals surface area contributed by atoms with Gasteiger partial charge in [0.15, 0.2) is 0 Å². The quantitative estimate of drug-likeness (QED) is 0.212. The molecule has 2 amide bonds. The van der Waals surface area contributed by atoms with Crippen molar-refractivity contribution in [3.05, 3.63) is 88.1 Å². The molecule has 1 saturated heterocycles. The molecular weight excluding hydrogens is 584 g/mol. The Morgan fingerprint density at radius 2 is 1.75 bits per heavy atom. The molecule has 0 bridgehead atoms. The van der Waals surface area contributed by atoms with Crippen molar-refractivity contribution in [1.82, 2.24) is 15.0 Å². The van der Waals surface area contributed by atoms with E-state index in [1.807, 2.05) is 60.3 Å². The number of hydrogen-bond donors (Lipinski definition) is 3. The molecule has 2 heterocycles. The normalized spacial score (nSPS) is 13.2. The summed E-state index contributed by atoms with van der Waals surface area (Å²) in [5.41, 5.74) is 6.52. The first kappa shape index (κ1) is 30.9. The molecule has 3 N–H and O–H groups in total. The summed E-state index contributed by atoms with van der Waals surface area (Å²) < 4.78 is 10.9. The number of piperazine rings is 1. The second-order valence-corrected chi connectivity index (χ2v) is 11.2. The van der Waals surface area contributed by atoms with Crippen LogP contribution in [-0.4, -0.2) is 79.4 Å². The van der Waals surface area contributed by atoms with Gasteiger partial charge in [-0.05, 0) is 63.0 Å². The molecule has 0 aliphatic carbocycles. The molecule has 1 aromatic heterocycles. The monoisotopic (exact) mass is 618 g/mol.